The summed E-state index contributed by atoms with van der Waals surface area (Å²) in [4.78, 5) is 19.3. The molecule has 1 N–H and O–H groups in total. The zero-order valence-corrected chi connectivity index (χ0v) is 16.9. The van der Waals surface area contributed by atoms with E-state index in [2.05, 4.69) is 34.2 Å². The first-order valence-corrected chi connectivity index (χ1v) is 10.2. The molecule has 1 fully saturated rings. The van der Waals surface area contributed by atoms with Gasteiger partial charge in [0.05, 0.1) is 11.4 Å². The van der Waals surface area contributed by atoms with Crippen molar-refractivity contribution in [3.8, 4) is 0 Å². The molecule has 2 aromatic rings. The lowest BCUT2D eigenvalue weighted by molar-refractivity contribution is -0.116. The molecular formula is C19H28N4O2S. The smallest absolute Gasteiger partial charge is 0.226 e. The van der Waals surface area contributed by atoms with Crippen LogP contribution in [0.3, 0.4) is 0 Å². The molecular weight excluding hydrogens is 348 g/mol. The van der Waals surface area contributed by atoms with Crippen LogP contribution in [0.25, 0.3) is 0 Å². The quantitative estimate of drug-likeness (QED) is 0.830. The van der Waals surface area contributed by atoms with Gasteiger partial charge >= 0.3 is 0 Å². The highest BCUT2D eigenvalue weighted by Crippen LogP contribution is 2.24. The van der Waals surface area contributed by atoms with Crippen LogP contribution in [0, 0.1) is 25.7 Å². The fourth-order valence-electron chi connectivity index (χ4n) is 3.87. The summed E-state index contributed by atoms with van der Waals surface area (Å²) in [7, 11) is 0. The van der Waals surface area contributed by atoms with Gasteiger partial charge in [0.25, 0.3) is 0 Å². The first-order valence-electron chi connectivity index (χ1n) is 9.29. The van der Waals surface area contributed by atoms with Crippen LogP contribution in [0.5, 0.6) is 0 Å². The number of likely N-dealkylation sites (tertiary alicyclic amines) is 1. The minimum atomic E-state index is -0.0221. The van der Waals surface area contributed by atoms with E-state index in [1.54, 1.807) is 0 Å². The predicted molar refractivity (Wildman–Crippen MR) is 103 cm³/mol. The molecule has 2 atom stereocenters. The molecule has 6 nitrogen and oxygen atoms in total. The van der Waals surface area contributed by atoms with Crippen molar-refractivity contribution in [3.05, 3.63) is 28.1 Å². The summed E-state index contributed by atoms with van der Waals surface area (Å²) in [5.74, 6) is 2.24. The van der Waals surface area contributed by atoms with Gasteiger partial charge in [-0.3, -0.25) is 9.69 Å². The van der Waals surface area contributed by atoms with Crippen LogP contribution in [0.1, 0.15) is 49.4 Å². The normalized spacial score (nSPS) is 21.1. The number of anilines is 1. The maximum atomic E-state index is 12.2. The highest BCUT2D eigenvalue weighted by molar-refractivity contribution is 7.13. The molecule has 1 amide bonds. The second-order valence-electron chi connectivity index (χ2n) is 7.64. The van der Waals surface area contributed by atoms with Gasteiger partial charge in [-0.2, -0.15) is 0 Å². The molecule has 0 aromatic carbocycles. The van der Waals surface area contributed by atoms with Crippen LogP contribution in [-0.4, -0.2) is 34.0 Å². The van der Waals surface area contributed by atoms with Crippen molar-refractivity contribution >= 4 is 22.4 Å². The monoisotopic (exact) mass is 376 g/mol. The van der Waals surface area contributed by atoms with Crippen molar-refractivity contribution in [2.24, 2.45) is 11.8 Å². The highest BCUT2D eigenvalue weighted by Gasteiger charge is 2.22. The van der Waals surface area contributed by atoms with Crippen molar-refractivity contribution in [1.82, 2.24) is 15.0 Å². The van der Waals surface area contributed by atoms with Gasteiger partial charge in [0.1, 0.15) is 5.76 Å². The fourth-order valence-corrected chi connectivity index (χ4v) is 4.58. The van der Waals surface area contributed by atoms with Gasteiger partial charge in [-0.25, -0.2) is 4.98 Å². The van der Waals surface area contributed by atoms with Crippen LogP contribution < -0.4 is 5.32 Å². The average Bonchev–Trinajstić information content (AvgIpc) is 3.11. The standard InChI is InChI=1S/C19H28N4O2S/c1-12-7-13(2)9-23(8-12)10-16-11-26-19(20-16)21-18(24)6-5-17-14(3)22-25-15(17)4/h11-13H,5-10H2,1-4H3,(H,20,21,24)/t12-,13+. The zero-order valence-electron chi connectivity index (χ0n) is 16.0. The van der Waals surface area contributed by atoms with Gasteiger partial charge in [-0.05, 0) is 38.5 Å². The molecule has 0 bridgehead atoms. The number of rotatable bonds is 6. The first kappa shape index (κ1) is 19.0. The van der Waals surface area contributed by atoms with Crippen molar-refractivity contribution in [1.29, 1.82) is 0 Å². The molecule has 0 radical (unpaired) electrons. The lowest BCUT2D eigenvalue weighted by Crippen LogP contribution is -2.38. The van der Waals surface area contributed by atoms with Crippen LogP contribution in [-0.2, 0) is 17.8 Å². The Balaban J connectivity index is 1.49. The molecule has 2 aromatic heterocycles. The second-order valence-corrected chi connectivity index (χ2v) is 8.49. The Morgan fingerprint density at radius 1 is 1.35 bits per heavy atom. The summed E-state index contributed by atoms with van der Waals surface area (Å²) in [6.45, 7) is 11.5. The lowest BCUT2D eigenvalue weighted by atomic mass is 9.92. The number of carbonyl (C=O) groups excluding carboxylic acids is 1. The molecule has 0 spiro atoms. The molecule has 142 valence electrons. The number of nitrogens with one attached hydrogen (secondary N) is 1. The lowest BCUT2D eigenvalue weighted by Gasteiger charge is -2.34. The number of thiazole rings is 1. The highest BCUT2D eigenvalue weighted by atomic mass is 32.1. The summed E-state index contributed by atoms with van der Waals surface area (Å²) >= 11 is 1.50. The van der Waals surface area contributed by atoms with Crippen LogP contribution in [0.4, 0.5) is 5.13 Å². The Kier molecular flexibility index (Phi) is 6.09. The van der Waals surface area contributed by atoms with E-state index in [0.29, 0.717) is 18.0 Å². The minimum absolute atomic E-state index is 0.0221. The minimum Gasteiger partial charge on any atom is -0.361 e. The van der Waals surface area contributed by atoms with E-state index in [9.17, 15) is 4.79 Å². The molecule has 7 heteroatoms. The third-order valence-corrected chi connectivity index (χ3v) is 5.72. The van der Waals surface area contributed by atoms with Crippen molar-refractivity contribution in [2.45, 2.75) is 53.5 Å². The summed E-state index contributed by atoms with van der Waals surface area (Å²) in [5.41, 5.74) is 2.92. The number of amides is 1. The van der Waals surface area contributed by atoms with E-state index in [0.717, 1.165) is 54.2 Å². The van der Waals surface area contributed by atoms with Crippen molar-refractivity contribution in [3.63, 3.8) is 0 Å². The Hall–Kier alpha value is -1.73. The number of hydrogen-bond acceptors (Lipinski definition) is 6. The summed E-state index contributed by atoms with van der Waals surface area (Å²) in [6.07, 6.45) is 2.34. The van der Waals surface area contributed by atoms with E-state index in [1.807, 2.05) is 19.2 Å². The first-order chi connectivity index (χ1) is 12.4. The van der Waals surface area contributed by atoms with E-state index < -0.39 is 0 Å². The number of piperidine rings is 1. The third kappa shape index (κ3) is 4.92. The summed E-state index contributed by atoms with van der Waals surface area (Å²) in [6, 6.07) is 0. The molecule has 3 rings (SSSR count). The molecule has 0 unspecified atom stereocenters. The Morgan fingerprint density at radius 2 is 2.08 bits per heavy atom. The van der Waals surface area contributed by atoms with Crippen LogP contribution >= 0.6 is 11.3 Å². The zero-order chi connectivity index (χ0) is 18.7. The predicted octanol–water partition coefficient (Wildman–Crippen LogP) is 3.80. The largest absolute Gasteiger partial charge is 0.361 e. The third-order valence-electron chi connectivity index (χ3n) is 4.91. The average molecular weight is 377 g/mol. The van der Waals surface area contributed by atoms with Gasteiger partial charge in [-0.15, -0.1) is 11.3 Å². The number of hydrogen-bond donors (Lipinski definition) is 1. The van der Waals surface area contributed by atoms with Gasteiger partial charge in [0, 0.05) is 37.0 Å². The Morgan fingerprint density at radius 3 is 2.73 bits per heavy atom. The molecule has 1 aliphatic rings. The summed E-state index contributed by atoms with van der Waals surface area (Å²) < 4.78 is 5.14. The van der Waals surface area contributed by atoms with Crippen LogP contribution in [0.2, 0.25) is 0 Å². The van der Waals surface area contributed by atoms with Gasteiger partial charge in [0.2, 0.25) is 5.91 Å². The Bertz CT molecular complexity index is 725. The number of nitrogens with zero attached hydrogens (tertiary/aromatic N) is 3. The Labute approximate surface area is 159 Å². The maximum Gasteiger partial charge on any atom is 0.226 e. The number of carbonyl (C=O) groups is 1. The summed E-state index contributed by atoms with van der Waals surface area (Å²) in [5, 5.41) is 9.57. The molecule has 0 aliphatic carbocycles. The molecule has 0 saturated carbocycles. The molecule has 26 heavy (non-hydrogen) atoms. The van der Waals surface area contributed by atoms with E-state index in [-0.39, 0.29) is 5.91 Å². The van der Waals surface area contributed by atoms with E-state index in [4.69, 9.17) is 4.52 Å². The molecule has 1 saturated heterocycles. The molecule has 1 aliphatic heterocycles. The van der Waals surface area contributed by atoms with E-state index >= 15 is 0 Å². The fraction of sp³-hybridized carbons (Fsp3) is 0.632. The molecule has 3 heterocycles. The topological polar surface area (TPSA) is 71.3 Å². The van der Waals surface area contributed by atoms with Gasteiger partial charge < -0.3 is 9.84 Å². The van der Waals surface area contributed by atoms with Crippen molar-refractivity contribution in [2.75, 3.05) is 18.4 Å². The maximum absolute atomic E-state index is 12.2. The second kappa shape index (κ2) is 8.31. The SMILES string of the molecule is Cc1noc(C)c1CCC(=O)Nc1nc(CN2C[C@H](C)C[C@H](C)C2)cs1. The van der Waals surface area contributed by atoms with Gasteiger partial charge in [0.15, 0.2) is 5.13 Å². The number of aryl methyl sites for hydroxylation is 2. The van der Waals surface area contributed by atoms with Gasteiger partial charge in [-0.1, -0.05) is 19.0 Å². The van der Waals surface area contributed by atoms with E-state index in [1.165, 1.54) is 17.8 Å². The van der Waals surface area contributed by atoms with Crippen molar-refractivity contribution < 1.29 is 9.32 Å². The van der Waals surface area contributed by atoms with Crippen LogP contribution in [0.15, 0.2) is 9.90 Å². The number of aromatic nitrogens is 2.